The zero-order valence-electron chi connectivity index (χ0n) is 19.7. The normalized spacial score (nSPS) is 21.5. The average Bonchev–Trinajstić information content (AvgIpc) is 3.49. The molecule has 1 aliphatic carbocycles. The largest absolute Gasteiger partial charge is 1.00 e. The van der Waals surface area contributed by atoms with Crippen LogP contribution < -0.4 is 50.1 Å². The number of carboxylic acid groups (broad SMARTS) is 1. The van der Waals surface area contributed by atoms with Crippen molar-refractivity contribution < 1.29 is 58.8 Å². The number of aromatic nitrogens is 2. The molecule has 0 spiro atoms. The van der Waals surface area contributed by atoms with Crippen LogP contribution in [0.3, 0.4) is 0 Å². The number of fused-ring (bicyclic) bond motifs is 2. The monoisotopic (exact) mass is 536 g/mol. The van der Waals surface area contributed by atoms with Crippen LogP contribution in [0.2, 0.25) is 0 Å². The molecule has 2 N–H and O–H groups in total. The molecule has 0 radical (unpaired) electrons. The minimum absolute atomic E-state index is 0. The Balaban J connectivity index is 0.00000304. The second kappa shape index (κ2) is 10.9. The van der Waals surface area contributed by atoms with Gasteiger partial charge in [0.2, 0.25) is 0 Å². The van der Waals surface area contributed by atoms with Gasteiger partial charge in [0.15, 0.2) is 29.6 Å². The molecule has 0 saturated carbocycles. The predicted molar refractivity (Wildman–Crippen MR) is 125 cm³/mol. The van der Waals surface area contributed by atoms with Crippen LogP contribution in [0.4, 0.5) is 5.13 Å². The molecule has 0 unspecified atom stereocenters. The molecule has 11 nitrogen and oxygen atoms in total. The first-order chi connectivity index (χ1) is 16.9. The second-order valence-electron chi connectivity index (χ2n) is 8.18. The number of nitrogens with zero attached hydrogens (tertiary/aromatic N) is 5. The molecule has 2 aromatic rings. The number of carbonyl (C=O) groups excluding carboxylic acids is 2. The van der Waals surface area contributed by atoms with Crippen LogP contribution in [-0.2, 0) is 33.8 Å². The number of aliphatic carboxylic acids is 1. The molecule has 0 aromatic carbocycles. The third-order valence-electron chi connectivity index (χ3n) is 6.12. The summed E-state index contributed by atoms with van der Waals surface area (Å²) in [4.78, 5) is 39.0. The fourth-order valence-corrected chi connectivity index (χ4v) is 6.46. The van der Waals surface area contributed by atoms with E-state index >= 15 is 0 Å². The number of oxime groups is 1. The first kappa shape index (κ1) is 26.6. The summed E-state index contributed by atoms with van der Waals surface area (Å²) >= 11 is 2.49. The van der Waals surface area contributed by atoms with Crippen molar-refractivity contribution in [2.24, 2.45) is 10.1 Å². The topological polar surface area (TPSA) is 160 Å². The Kier molecular flexibility index (Phi) is 8.05. The van der Waals surface area contributed by atoms with E-state index in [9.17, 15) is 19.8 Å². The van der Waals surface area contributed by atoms with Gasteiger partial charge >= 0.3 is 29.6 Å². The molecule has 2 atom stereocenters. The molecule has 0 bridgehead atoms. The van der Waals surface area contributed by atoms with Crippen molar-refractivity contribution in [2.75, 3.05) is 18.6 Å². The van der Waals surface area contributed by atoms with E-state index in [1.165, 1.54) is 40.4 Å². The van der Waals surface area contributed by atoms with E-state index in [0.29, 0.717) is 17.9 Å². The number of pyridine rings is 1. The molecule has 1 amide bonds. The fraction of sp³-hybridized carbons (Fsp3) is 0.364. The Morgan fingerprint density at radius 3 is 2.89 bits per heavy atom. The van der Waals surface area contributed by atoms with Crippen molar-refractivity contribution in [3.8, 4) is 0 Å². The standard InChI is InChI=1S/C22H22N6O5S2.Na/c1-33-26-15(13-10-35-22(23)24-13)18(29)25-16-19(30)28-17(21(31)32)12(9-34-20(16)28)8-27-7-3-5-11-4-2-6-14(11)27;/h3,5,7,10,16,20H,2,4,6,8-9H2,1H3,(H3-,23,24,25,29,31,32);/q;+1/p-1/b26-15-;/t16-,20-;/m1./s1. The molecule has 4 heterocycles. The van der Waals surface area contributed by atoms with Crippen LogP contribution in [0.1, 0.15) is 23.4 Å². The summed E-state index contributed by atoms with van der Waals surface area (Å²) in [6, 6.07) is 2.99. The van der Waals surface area contributed by atoms with Gasteiger partial charge in [-0.15, -0.1) is 23.1 Å². The summed E-state index contributed by atoms with van der Waals surface area (Å²) in [5, 5.41) is 29.8. The number of nitrogen functional groups attached to an aromatic ring is 1. The molecule has 1 fully saturated rings. The van der Waals surface area contributed by atoms with Crippen molar-refractivity contribution in [1.82, 2.24) is 9.88 Å². The maximum Gasteiger partial charge on any atom is 1.00 e. The number of aliphatic imine (C=N–C) groups is 1. The minimum atomic E-state index is -1.42. The van der Waals surface area contributed by atoms with E-state index in [0.717, 1.165) is 30.6 Å². The van der Waals surface area contributed by atoms with Gasteiger partial charge in [-0.2, -0.15) is 4.57 Å². The SMILES string of the molecule is CO/N=C(\C([O-])=N[C@@H]1C(=O)N2C(C(=O)[O-])=C(C[n+]3cccc4c3CCC4)CS[C@H]12)c1csc(N)n1.[Na+]. The molecule has 5 rings (SSSR count). The smallest absolute Gasteiger partial charge is 0.857 e. The summed E-state index contributed by atoms with van der Waals surface area (Å²) in [6.45, 7) is 0.354. The zero-order valence-corrected chi connectivity index (χ0v) is 23.3. The van der Waals surface area contributed by atoms with Crippen LogP contribution in [0.25, 0.3) is 0 Å². The van der Waals surface area contributed by atoms with Crippen molar-refractivity contribution in [1.29, 1.82) is 0 Å². The van der Waals surface area contributed by atoms with Crippen molar-refractivity contribution in [3.63, 3.8) is 0 Å². The second-order valence-corrected chi connectivity index (χ2v) is 10.2. The Bertz CT molecular complexity index is 1310. The fourth-order valence-electron chi connectivity index (χ4n) is 4.59. The van der Waals surface area contributed by atoms with Gasteiger partial charge in [-0.1, -0.05) is 5.16 Å². The van der Waals surface area contributed by atoms with Crippen LogP contribution in [0.5, 0.6) is 0 Å². The van der Waals surface area contributed by atoms with E-state index in [1.54, 1.807) is 0 Å². The van der Waals surface area contributed by atoms with Gasteiger partial charge in [0.05, 0.1) is 11.7 Å². The maximum atomic E-state index is 13.0. The Hall–Kier alpha value is -2.45. The van der Waals surface area contributed by atoms with Crippen LogP contribution in [0.15, 0.2) is 45.1 Å². The summed E-state index contributed by atoms with van der Waals surface area (Å²) in [6.07, 6.45) is 4.92. The number of anilines is 1. The number of hydrogen-bond donors (Lipinski definition) is 1. The number of rotatable bonds is 7. The third-order valence-corrected chi connectivity index (χ3v) is 8.12. The number of nitrogens with two attached hydrogens (primary N) is 1. The number of amides is 1. The third kappa shape index (κ3) is 4.77. The molecule has 36 heavy (non-hydrogen) atoms. The molecule has 3 aliphatic rings. The number of hydrogen-bond acceptors (Lipinski definition) is 11. The molecular weight excluding hydrogens is 515 g/mol. The number of aryl methyl sites for hydroxylation is 1. The number of carboxylic acids is 1. The molecule has 2 aromatic heterocycles. The van der Waals surface area contributed by atoms with Gasteiger partial charge in [-0.25, -0.2) is 4.98 Å². The summed E-state index contributed by atoms with van der Waals surface area (Å²) in [7, 11) is 1.27. The molecular formula is C22H21N6NaO5S2. The van der Waals surface area contributed by atoms with Gasteiger partial charge in [-0.3, -0.25) is 14.7 Å². The maximum absolute atomic E-state index is 13.0. The van der Waals surface area contributed by atoms with Gasteiger partial charge in [0.1, 0.15) is 23.9 Å². The van der Waals surface area contributed by atoms with Gasteiger partial charge in [0, 0.05) is 40.7 Å². The molecule has 14 heteroatoms. The summed E-state index contributed by atoms with van der Waals surface area (Å²) in [5.41, 5.74) is 8.54. The predicted octanol–water partition coefficient (Wildman–Crippen LogP) is -4.40. The van der Waals surface area contributed by atoms with Crippen molar-refractivity contribution in [3.05, 3.63) is 51.9 Å². The molecule has 1 saturated heterocycles. The Morgan fingerprint density at radius 1 is 1.39 bits per heavy atom. The molecule has 182 valence electrons. The summed E-state index contributed by atoms with van der Waals surface area (Å²) < 4.78 is 2.05. The minimum Gasteiger partial charge on any atom is -0.857 e. The van der Waals surface area contributed by atoms with E-state index < -0.39 is 29.2 Å². The van der Waals surface area contributed by atoms with Crippen LogP contribution in [-0.4, -0.2) is 57.6 Å². The van der Waals surface area contributed by atoms with E-state index in [1.807, 2.05) is 16.8 Å². The van der Waals surface area contributed by atoms with E-state index in [4.69, 9.17) is 10.6 Å². The van der Waals surface area contributed by atoms with E-state index in [-0.39, 0.29) is 51.8 Å². The Labute approximate surface area is 237 Å². The first-order valence-corrected chi connectivity index (χ1v) is 12.8. The van der Waals surface area contributed by atoms with E-state index in [2.05, 4.69) is 21.2 Å². The number of carbonyl (C=O) groups is 2. The Morgan fingerprint density at radius 2 is 2.19 bits per heavy atom. The quantitative estimate of drug-likeness (QED) is 0.0927. The first-order valence-electron chi connectivity index (χ1n) is 10.8. The van der Waals surface area contributed by atoms with Gasteiger partial charge < -0.3 is 25.6 Å². The zero-order chi connectivity index (χ0) is 24.7. The number of β-lactam (4-membered cyclic amide) rings is 1. The number of thioether (sulfide) groups is 1. The molecule has 2 aliphatic heterocycles. The summed E-state index contributed by atoms with van der Waals surface area (Å²) in [5.74, 6) is -2.42. The average molecular weight is 537 g/mol. The van der Waals surface area contributed by atoms with Crippen molar-refractivity contribution in [2.45, 2.75) is 37.2 Å². The van der Waals surface area contributed by atoms with Crippen LogP contribution in [0, 0.1) is 0 Å². The van der Waals surface area contributed by atoms with Crippen LogP contribution >= 0.6 is 23.1 Å². The van der Waals surface area contributed by atoms with Gasteiger partial charge in [-0.05, 0) is 18.9 Å². The number of thiazole rings is 1. The van der Waals surface area contributed by atoms with Gasteiger partial charge in [0.25, 0.3) is 5.91 Å². The van der Waals surface area contributed by atoms with Crippen molar-refractivity contribution >= 4 is 51.7 Å².